The first-order chi connectivity index (χ1) is 15.3. The minimum absolute atomic E-state index is 0.0674. The molecule has 0 aliphatic heterocycles. The maximum absolute atomic E-state index is 12.8. The molecule has 0 saturated carbocycles. The summed E-state index contributed by atoms with van der Waals surface area (Å²) >= 11 is 0. The van der Waals surface area contributed by atoms with Crippen LogP contribution in [0.5, 0.6) is 5.75 Å². The van der Waals surface area contributed by atoms with Crippen molar-refractivity contribution in [2.45, 2.75) is 45.4 Å². The van der Waals surface area contributed by atoms with E-state index in [0.29, 0.717) is 12.2 Å². The van der Waals surface area contributed by atoms with E-state index in [1.165, 1.54) is 0 Å². The second-order valence-corrected chi connectivity index (χ2v) is 7.84. The number of aliphatic carboxylic acids is 1. The predicted molar refractivity (Wildman–Crippen MR) is 119 cm³/mol. The molecule has 8 heteroatoms. The average molecular weight is 443 g/mol. The minimum atomic E-state index is -1.16. The number of methoxy groups -OCH3 is 1. The molecule has 0 saturated heterocycles. The van der Waals surface area contributed by atoms with Crippen molar-refractivity contribution >= 4 is 18.0 Å². The largest absolute Gasteiger partial charge is 0.497 e. The number of carbonyl (C=O) groups excluding carboxylic acids is 2. The van der Waals surface area contributed by atoms with Crippen LogP contribution in [0.2, 0.25) is 0 Å². The molecule has 0 aliphatic rings. The van der Waals surface area contributed by atoms with Gasteiger partial charge in [-0.1, -0.05) is 56.3 Å². The van der Waals surface area contributed by atoms with Gasteiger partial charge in [-0.15, -0.1) is 0 Å². The van der Waals surface area contributed by atoms with Crippen molar-refractivity contribution in [3.05, 3.63) is 65.7 Å². The van der Waals surface area contributed by atoms with Crippen LogP contribution in [0, 0.1) is 5.92 Å². The molecule has 0 unspecified atom stereocenters. The van der Waals surface area contributed by atoms with E-state index < -0.39 is 30.1 Å². The van der Waals surface area contributed by atoms with Gasteiger partial charge in [0, 0.05) is 6.42 Å². The molecular formula is C24H30N2O6. The maximum Gasteiger partial charge on any atom is 0.408 e. The van der Waals surface area contributed by atoms with Crippen molar-refractivity contribution in [2.24, 2.45) is 5.92 Å². The van der Waals surface area contributed by atoms with Gasteiger partial charge in [-0.3, -0.25) is 4.79 Å². The first-order valence-corrected chi connectivity index (χ1v) is 10.4. The molecule has 2 amide bonds. The predicted octanol–water partition coefficient (Wildman–Crippen LogP) is 3.15. The SMILES string of the molecule is COc1ccc(C[C@H](NC(=O)[C@H](CC(C)C)NC(=O)OCc2ccccc2)C(=O)O)cc1. The van der Waals surface area contributed by atoms with Crippen LogP contribution >= 0.6 is 0 Å². The summed E-state index contributed by atoms with van der Waals surface area (Å²) in [6.45, 7) is 3.88. The van der Waals surface area contributed by atoms with Crippen molar-refractivity contribution in [1.29, 1.82) is 0 Å². The zero-order valence-electron chi connectivity index (χ0n) is 18.5. The summed E-state index contributed by atoms with van der Waals surface area (Å²) < 4.78 is 10.3. The van der Waals surface area contributed by atoms with Crippen LogP contribution in [-0.2, 0) is 27.4 Å². The number of carboxylic acids is 1. The molecule has 0 aliphatic carbocycles. The summed E-state index contributed by atoms with van der Waals surface area (Å²) in [4.78, 5) is 36.8. The van der Waals surface area contributed by atoms with E-state index in [9.17, 15) is 19.5 Å². The van der Waals surface area contributed by atoms with Gasteiger partial charge in [-0.05, 0) is 35.6 Å². The number of ether oxygens (including phenoxy) is 2. The first-order valence-electron chi connectivity index (χ1n) is 10.4. The Morgan fingerprint density at radius 1 is 0.906 bits per heavy atom. The van der Waals surface area contributed by atoms with E-state index >= 15 is 0 Å². The molecule has 0 radical (unpaired) electrons. The highest BCUT2D eigenvalue weighted by Gasteiger charge is 2.27. The third kappa shape index (κ3) is 8.29. The topological polar surface area (TPSA) is 114 Å². The third-order valence-electron chi connectivity index (χ3n) is 4.74. The van der Waals surface area contributed by atoms with Crippen LogP contribution in [0.4, 0.5) is 4.79 Å². The number of alkyl carbamates (subject to hydrolysis) is 1. The fourth-order valence-corrected chi connectivity index (χ4v) is 3.08. The van der Waals surface area contributed by atoms with E-state index in [2.05, 4.69) is 10.6 Å². The minimum Gasteiger partial charge on any atom is -0.497 e. The number of nitrogens with one attached hydrogen (secondary N) is 2. The van der Waals surface area contributed by atoms with Gasteiger partial charge in [0.25, 0.3) is 0 Å². The molecule has 0 bridgehead atoms. The maximum atomic E-state index is 12.8. The molecule has 2 rings (SSSR count). The monoisotopic (exact) mass is 442 g/mol. The summed E-state index contributed by atoms with van der Waals surface area (Å²) in [5.41, 5.74) is 1.55. The smallest absolute Gasteiger partial charge is 0.408 e. The number of amides is 2. The normalized spacial score (nSPS) is 12.5. The number of benzene rings is 2. The highest BCUT2D eigenvalue weighted by molar-refractivity contribution is 5.89. The Kier molecular flexibility index (Phi) is 9.53. The molecule has 0 fully saturated rings. The van der Waals surface area contributed by atoms with Crippen molar-refractivity contribution in [2.75, 3.05) is 7.11 Å². The van der Waals surface area contributed by atoms with Crippen LogP contribution < -0.4 is 15.4 Å². The van der Waals surface area contributed by atoms with Crippen molar-refractivity contribution in [3.63, 3.8) is 0 Å². The lowest BCUT2D eigenvalue weighted by molar-refractivity contribution is -0.142. The summed E-state index contributed by atoms with van der Waals surface area (Å²) in [7, 11) is 1.54. The van der Waals surface area contributed by atoms with Crippen LogP contribution in [0.3, 0.4) is 0 Å². The second kappa shape index (κ2) is 12.3. The van der Waals surface area contributed by atoms with E-state index in [0.717, 1.165) is 11.1 Å². The summed E-state index contributed by atoms with van der Waals surface area (Å²) in [5.74, 6) is -0.995. The molecule has 2 aromatic rings. The van der Waals surface area contributed by atoms with Crippen molar-refractivity contribution in [3.8, 4) is 5.75 Å². The fraction of sp³-hybridized carbons (Fsp3) is 0.375. The van der Waals surface area contributed by atoms with E-state index in [-0.39, 0.29) is 18.9 Å². The van der Waals surface area contributed by atoms with Gasteiger partial charge < -0.3 is 25.2 Å². The van der Waals surface area contributed by atoms with Gasteiger partial charge >= 0.3 is 12.1 Å². The molecule has 0 spiro atoms. The van der Waals surface area contributed by atoms with Crippen LogP contribution in [0.25, 0.3) is 0 Å². The molecule has 0 aromatic heterocycles. The Hall–Kier alpha value is -3.55. The average Bonchev–Trinajstić information content (AvgIpc) is 2.77. The van der Waals surface area contributed by atoms with Gasteiger partial charge in [0.2, 0.25) is 5.91 Å². The summed E-state index contributed by atoms with van der Waals surface area (Å²) in [5, 5.41) is 14.7. The van der Waals surface area contributed by atoms with E-state index in [1.807, 2.05) is 44.2 Å². The Morgan fingerprint density at radius 2 is 1.56 bits per heavy atom. The Labute approximate surface area is 187 Å². The summed E-state index contributed by atoms with van der Waals surface area (Å²) in [6, 6.07) is 14.0. The van der Waals surface area contributed by atoms with Gasteiger partial charge in [-0.2, -0.15) is 0 Å². The number of hydrogen-bond donors (Lipinski definition) is 3. The molecule has 3 N–H and O–H groups in total. The lowest BCUT2D eigenvalue weighted by Gasteiger charge is -2.22. The Morgan fingerprint density at radius 3 is 2.12 bits per heavy atom. The van der Waals surface area contributed by atoms with Crippen LogP contribution in [0.1, 0.15) is 31.4 Å². The molecular weight excluding hydrogens is 412 g/mol. The lowest BCUT2D eigenvalue weighted by Crippen LogP contribution is -2.52. The molecule has 2 atom stereocenters. The van der Waals surface area contributed by atoms with Gasteiger partial charge in [0.15, 0.2) is 0 Å². The number of rotatable bonds is 11. The van der Waals surface area contributed by atoms with Crippen molar-refractivity contribution < 1.29 is 29.0 Å². The quantitative estimate of drug-likeness (QED) is 0.493. The Balaban J connectivity index is 2.00. The highest BCUT2D eigenvalue weighted by atomic mass is 16.5. The molecule has 2 aromatic carbocycles. The zero-order chi connectivity index (χ0) is 23.5. The Bertz CT molecular complexity index is 883. The molecule has 32 heavy (non-hydrogen) atoms. The van der Waals surface area contributed by atoms with Gasteiger partial charge in [0.05, 0.1) is 7.11 Å². The standard InChI is InChI=1S/C24H30N2O6/c1-16(2)13-20(26-24(30)32-15-18-7-5-4-6-8-18)22(27)25-21(23(28)29)14-17-9-11-19(31-3)12-10-17/h4-12,16,20-21H,13-15H2,1-3H3,(H,25,27)(H,26,30)(H,28,29)/t20-,21-/m0/s1. The van der Waals surface area contributed by atoms with Crippen molar-refractivity contribution in [1.82, 2.24) is 10.6 Å². The first kappa shape index (κ1) is 24.7. The number of carbonyl (C=O) groups is 3. The van der Waals surface area contributed by atoms with Crippen LogP contribution in [-0.4, -0.2) is 42.3 Å². The van der Waals surface area contributed by atoms with Gasteiger partial charge in [0.1, 0.15) is 24.4 Å². The number of carboxylic acid groups (broad SMARTS) is 1. The second-order valence-electron chi connectivity index (χ2n) is 7.84. The molecule has 8 nitrogen and oxygen atoms in total. The molecule has 172 valence electrons. The highest BCUT2D eigenvalue weighted by Crippen LogP contribution is 2.13. The van der Waals surface area contributed by atoms with E-state index in [1.54, 1.807) is 31.4 Å². The van der Waals surface area contributed by atoms with E-state index in [4.69, 9.17) is 9.47 Å². The lowest BCUT2D eigenvalue weighted by atomic mass is 10.0. The van der Waals surface area contributed by atoms with Gasteiger partial charge in [-0.25, -0.2) is 9.59 Å². The molecule has 0 heterocycles. The fourth-order valence-electron chi connectivity index (χ4n) is 3.08. The zero-order valence-corrected chi connectivity index (χ0v) is 18.5. The summed E-state index contributed by atoms with van der Waals surface area (Å²) in [6.07, 6.45) is -0.310. The number of hydrogen-bond acceptors (Lipinski definition) is 5. The van der Waals surface area contributed by atoms with Crippen LogP contribution in [0.15, 0.2) is 54.6 Å². The third-order valence-corrected chi connectivity index (χ3v) is 4.74.